The summed E-state index contributed by atoms with van der Waals surface area (Å²) in [4.78, 5) is 22.8. The minimum atomic E-state index is 0. The Morgan fingerprint density at radius 2 is 1.80 bits per heavy atom. The molecule has 2 aromatic carbocycles. The van der Waals surface area contributed by atoms with Crippen LogP contribution in [0.5, 0.6) is 0 Å². The molecule has 20 heavy (non-hydrogen) atoms. The molecule has 0 aliphatic rings. The summed E-state index contributed by atoms with van der Waals surface area (Å²) in [5, 5.41) is 0. The molecular formula is C17H18FeO2-2. The molecule has 0 aromatic heterocycles. The minimum absolute atomic E-state index is 0. The average Bonchev–Trinajstić information content (AvgIpc) is 2.96. The van der Waals surface area contributed by atoms with Crippen molar-refractivity contribution in [2.24, 2.45) is 0 Å². The maximum atomic E-state index is 11.4. The van der Waals surface area contributed by atoms with E-state index in [1.165, 1.54) is 0 Å². The summed E-state index contributed by atoms with van der Waals surface area (Å²) in [6.45, 7) is 3.20. The van der Waals surface area contributed by atoms with E-state index in [0.29, 0.717) is 0 Å². The van der Waals surface area contributed by atoms with Crippen molar-refractivity contribution in [3.8, 4) is 0 Å². The Morgan fingerprint density at radius 1 is 1.10 bits per heavy atom. The monoisotopic (exact) mass is 310 g/mol. The minimum Gasteiger partial charge on any atom is -0.352 e. The second-order valence-electron chi connectivity index (χ2n) is 4.90. The van der Waals surface area contributed by atoms with Crippen molar-refractivity contribution in [1.82, 2.24) is 0 Å². The molecule has 0 N–H and O–H groups in total. The fourth-order valence-corrected chi connectivity index (χ4v) is 2.51. The topological polar surface area (TPSA) is 34.1 Å². The standard InChI is InChI=1S/C17H18O2.Fe/c1-12(18)16-10-4-8-14(16)6-3-7-15-9-5-11-17(15)13(2)19;/h4-5,8-11H,3,6-7H2,1-2H3;/q-2;. The van der Waals surface area contributed by atoms with Gasteiger partial charge in [0.05, 0.1) is 5.78 Å². The molecule has 0 spiro atoms. The van der Waals surface area contributed by atoms with E-state index in [4.69, 9.17) is 0 Å². The van der Waals surface area contributed by atoms with Crippen LogP contribution in [0.4, 0.5) is 0 Å². The van der Waals surface area contributed by atoms with Crippen molar-refractivity contribution in [3.05, 3.63) is 58.7 Å². The Bertz CT molecular complexity index is 537. The molecule has 0 fully saturated rings. The molecule has 0 bridgehead atoms. The first-order chi connectivity index (χ1) is 9.09. The zero-order chi connectivity index (χ0) is 13.8. The predicted molar refractivity (Wildman–Crippen MR) is 76.1 cm³/mol. The van der Waals surface area contributed by atoms with Crippen molar-refractivity contribution in [3.63, 3.8) is 0 Å². The molecule has 0 saturated carbocycles. The van der Waals surface area contributed by atoms with Crippen molar-refractivity contribution in [2.75, 3.05) is 0 Å². The van der Waals surface area contributed by atoms with Crippen LogP contribution in [-0.2, 0) is 29.9 Å². The number of aryl methyl sites for hydroxylation is 2. The van der Waals surface area contributed by atoms with Crippen LogP contribution in [0.15, 0.2) is 36.4 Å². The summed E-state index contributed by atoms with van der Waals surface area (Å²) in [5.74, 6) is 0.246. The summed E-state index contributed by atoms with van der Waals surface area (Å²) >= 11 is 0. The SMILES string of the molecule is CC(=O)c1ccc[c-]1CCCc1ccc[c-]1C(C)=O.[Fe]. The number of hydrogen-bond acceptors (Lipinski definition) is 2. The summed E-state index contributed by atoms with van der Waals surface area (Å²) in [5.41, 5.74) is 3.88. The van der Waals surface area contributed by atoms with Gasteiger partial charge in [-0.05, 0) is 13.8 Å². The van der Waals surface area contributed by atoms with Crippen molar-refractivity contribution in [2.45, 2.75) is 33.1 Å². The van der Waals surface area contributed by atoms with Gasteiger partial charge in [0, 0.05) is 17.1 Å². The van der Waals surface area contributed by atoms with E-state index in [1.54, 1.807) is 13.8 Å². The van der Waals surface area contributed by atoms with Gasteiger partial charge in [-0.3, -0.25) is 0 Å². The van der Waals surface area contributed by atoms with Gasteiger partial charge in [-0.2, -0.15) is 29.8 Å². The number of carbonyl (C=O) groups is 2. The third-order valence-electron chi connectivity index (χ3n) is 3.46. The zero-order valence-corrected chi connectivity index (χ0v) is 12.9. The van der Waals surface area contributed by atoms with E-state index in [1.807, 2.05) is 36.4 Å². The second-order valence-corrected chi connectivity index (χ2v) is 4.90. The van der Waals surface area contributed by atoms with Gasteiger partial charge >= 0.3 is 0 Å². The third kappa shape index (κ3) is 3.78. The van der Waals surface area contributed by atoms with Crippen molar-refractivity contribution < 1.29 is 26.7 Å². The van der Waals surface area contributed by atoms with Gasteiger partial charge in [0.15, 0.2) is 0 Å². The molecule has 2 aromatic rings. The molecule has 0 unspecified atom stereocenters. The Morgan fingerprint density at radius 3 is 2.45 bits per heavy atom. The molecule has 108 valence electrons. The van der Waals surface area contributed by atoms with Gasteiger partial charge in [0.1, 0.15) is 5.78 Å². The summed E-state index contributed by atoms with van der Waals surface area (Å²) in [6.07, 6.45) is 2.71. The Hall–Kier alpha value is -1.44. The van der Waals surface area contributed by atoms with E-state index < -0.39 is 0 Å². The first-order valence-electron chi connectivity index (χ1n) is 6.60. The predicted octanol–water partition coefficient (Wildman–Crippen LogP) is 3.70. The van der Waals surface area contributed by atoms with Gasteiger partial charge in [0.2, 0.25) is 0 Å². The average molecular weight is 310 g/mol. The fraction of sp³-hybridized carbons (Fsp3) is 0.294. The fourth-order valence-electron chi connectivity index (χ4n) is 2.51. The molecule has 0 atom stereocenters. The van der Waals surface area contributed by atoms with Gasteiger partial charge in [0.25, 0.3) is 0 Å². The number of Topliss-reactive ketones (excluding diaryl/α,β-unsaturated/α-hetero) is 2. The van der Waals surface area contributed by atoms with E-state index >= 15 is 0 Å². The molecular weight excluding hydrogens is 292 g/mol. The van der Waals surface area contributed by atoms with Gasteiger partial charge in [-0.25, -0.2) is 12.1 Å². The molecule has 0 amide bonds. The molecule has 2 nitrogen and oxygen atoms in total. The molecule has 0 radical (unpaired) electrons. The van der Waals surface area contributed by atoms with Crippen LogP contribution in [-0.4, -0.2) is 11.6 Å². The molecule has 2 rings (SSSR count). The van der Waals surface area contributed by atoms with E-state index in [2.05, 4.69) is 0 Å². The van der Waals surface area contributed by atoms with Crippen LogP contribution in [0.25, 0.3) is 0 Å². The summed E-state index contributed by atoms with van der Waals surface area (Å²) < 4.78 is 0. The van der Waals surface area contributed by atoms with Gasteiger partial charge in [-0.1, -0.05) is 24.8 Å². The van der Waals surface area contributed by atoms with Crippen molar-refractivity contribution >= 4 is 11.6 Å². The molecule has 0 aliphatic heterocycles. The van der Waals surface area contributed by atoms with Crippen LogP contribution >= 0.6 is 0 Å². The quantitative estimate of drug-likeness (QED) is 0.463. The maximum Gasteiger partial charge on any atom is 0.105 e. The third-order valence-corrected chi connectivity index (χ3v) is 3.46. The maximum absolute atomic E-state index is 11.4. The zero-order valence-electron chi connectivity index (χ0n) is 11.8. The van der Waals surface area contributed by atoms with E-state index in [0.717, 1.165) is 41.5 Å². The number of rotatable bonds is 6. The van der Waals surface area contributed by atoms with Gasteiger partial charge < -0.3 is 9.59 Å². The second kappa shape index (κ2) is 7.37. The van der Waals surface area contributed by atoms with E-state index in [-0.39, 0.29) is 28.6 Å². The molecule has 0 aliphatic carbocycles. The van der Waals surface area contributed by atoms with Crippen LogP contribution in [0.3, 0.4) is 0 Å². The van der Waals surface area contributed by atoms with Gasteiger partial charge in [-0.15, -0.1) is 11.1 Å². The van der Waals surface area contributed by atoms with E-state index in [9.17, 15) is 9.59 Å². The smallest absolute Gasteiger partial charge is 0.105 e. The number of carbonyl (C=O) groups excluding carboxylic acids is 2. The van der Waals surface area contributed by atoms with Crippen molar-refractivity contribution in [1.29, 1.82) is 0 Å². The Balaban J connectivity index is 0.00000200. The van der Waals surface area contributed by atoms with Crippen LogP contribution < -0.4 is 0 Å². The number of hydrogen-bond donors (Lipinski definition) is 0. The molecule has 0 saturated heterocycles. The Kier molecular flexibility index (Phi) is 6.12. The van der Waals surface area contributed by atoms with Crippen LogP contribution in [0, 0.1) is 0 Å². The first-order valence-corrected chi connectivity index (χ1v) is 6.60. The van der Waals surface area contributed by atoms with Crippen LogP contribution in [0.1, 0.15) is 52.1 Å². The van der Waals surface area contributed by atoms with Crippen LogP contribution in [0.2, 0.25) is 0 Å². The normalized spacial score (nSPS) is 10.1. The largest absolute Gasteiger partial charge is 0.352 e. The summed E-state index contributed by atoms with van der Waals surface area (Å²) in [6, 6.07) is 11.6. The Labute approximate surface area is 130 Å². The molecule has 0 heterocycles. The number of ketones is 2. The summed E-state index contributed by atoms with van der Waals surface area (Å²) in [7, 11) is 0. The molecule has 3 heteroatoms. The first kappa shape index (κ1) is 16.6.